The maximum absolute atomic E-state index is 12.2. The second-order valence-corrected chi connectivity index (χ2v) is 4.91. The van der Waals surface area contributed by atoms with Gasteiger partial charge >= 0.3 is 0 Å². The second kappa shape index (κ2) is 4.96. The zero-order chi connectivity index (χ0) is 13.1. The Kier molecular flexibility index (Phi) is 3.84. The van der Waals surface area contributed by atoms with Gasteiger partial charge < -0.3 is 4.90 Å². The minimum atomic E-state index is -0.226. The Balaban J connectivity index is 2.97. The van der Waals surface area contributed by atoms with E-state index in [1.165, 1.54) is 0 Å². The molecule has 0 aliphatic heterocycles. The quantitative estimate of drug-likeness (QED) is 0.782. The molecule has 0 unspecified atom stereocenters. The van der Waals surface area contributed by atoms with Crippen molar-refractivity contribution in [1.29, 1.82) is 5.26 Å². The van der Waals surface area contributed by atoms with E-state index in [1.807, 2.05) is 26.8 Å². The number of hydrogen-bond donors (Lipinski definition) is 0. The monoisotopic (exact) mass is 231 g/mol. The molecule has 0 radical (unpaired) electrons. The third-order valence-corrected chi connectivity index (χ3v) is 2.63. The first kappa shape index (κ1) is 13.2. The van der Waals surface area contributed by atoms with E-state index in [0.29, 0.717) is 11.3 Å². The number of nitriles is 1. The van der Waals surface area contributed by atoms with Crippen molar-refractivity contribution in [2.75, 3.05) is 7.05 Å². The van der Waals surface area contributed by atoms with Crippen LogP contribution >= 0.6 is 0 Å². The topological polar surface area (TPSA) is 57.0 Å². The molecule has 1 heterocycles. The molecular weight excluding hydrogens is 214 g/mol. The summed E-state index contributed by atoms with van der Waals surface area (Å²) in [6, 6.07) is 5.37. The molecule has 0 spiro atoms. The first-order chi connectivity index (χ1) is 7.86. The van der Waals surface area contributed by atoms with Gasteiger partial charge in [-0.25, -0.2) is 0 Å². The van der Waals surface area contributed by atoms with Gasteiger partial charge in [0.1, 0.15) is 0 Å². The van der Waals surface area contributed by atoms with Crippen molar-refractivity contribution in [3.05, 3.63) is 29.6 Å². The van der Waals surface area contributed by atoms with Crippen LogP contribution in [-0.2, 0) is 6.42 Å². The predicted molar refractivity (Wildman–Crippen MR) is 65.4 cm³/mol. The SMILES string of the molecule is CN(C(=O)c1ccnc(CC#N)c1)C(C)(C)C. The molecule has 0 aliphatic rings. The van der Waals surface area contributed by atoms with Crippen LogP contribution in [0.3, 0.4) is 0 Å². The highest BCUT2D eigenvalue weighted by Crippen LogP contribution is 2.15. The summed E-state index contributed by atoms with van der Waals surface area (Å²) in [6.45, 7) is 5.92. The number of nitrogens with zero attached hydrogens (tertiary/aromatic N) is 3. The number of pyridine rings is 1. The fourth-order valence-electron chi connectivity index (χ4n) is 1.29. The zero-order valence-electron chi connectivity index (χ0n) is 10.7. The van der Waals surface area contributed by atoms with E-state index in [1.54, 1.807) is 30.3 Å². The first-order valence-corrected chi connectivity index (χ1v) is 5.46. The summed E-state index contributed by atoms with van der Waals surface area (Å²) in [6.07, 6.45) is 1.79. The molecule has 0 atom stereocenters. The molecule has 1 rings (SSSR count). The van der Waals surface area contributed by atoms with E-state index in [-0.39, 0.29) is 17.9 Å². The summed E-state index contributed by atoms with van der Waals surface area (Å²) >= 11 is 0. The summed E-state index contributed by atoms with van der Waals surface area (Å²) < 4.78 is 0. The van der Waals surface area contributed by atoms with Crippen molar-refractivity contribution in [1.82, 2.24) is 9.88 Å². The molecule has 1 aromatic rings. The third kappa shape index (κ3) is 3.28. The van der Waals surface area contributed by atoms with Crippen LogP contribution < -0.4 is 0 Å². The van der Waals surface area contributed by atoms with Gasteiger partial charge in [0.15, 0.2) is 0 Å². The number of amides is 1. The van der Waals surface area contributed by atoms with E-state index >= 15 is 0 Å². The van der Waals surface area contributed by atoms with Crippen LogP contribution in [0.4, 0.5) is 0 Å². The van der Waals surface area contributed by atoms with E-state index in [9.17, 15) is 4.79 Å². The Morgan fingerprint density at radius 3 is 2.71 bits per heavy atom. The molecule has 4 heteroatoms. The molecule has 17 heavy (non-hydrogen) atoms. The summed E-state index contributed by atoms with van der Waals surface area (Å²) in [7, 11) is 1.77. The number of aromatic nitrogens is 1. The molecule has 4 nitrogen and oxygen atoms in total. The van der Waals surface area contributed by atoms with Gasteiger partial charge in [0.2, 0.25) is 0 Å². The average Bonchev–Trinajstić information content (AvgIpc) is 2.27. The van der Waals surface area contributed by atoms with Crippen molar-refractivity contribution >= 4 is 5.91 Å². The van der Waals surface area contributed by atoms with Crippen LogP contribution in [0.15, 0.2) is 18.3 Å². The lowest BCUT2D eigenvalue weighted by Crippen LogP contribution is -2.42. The van der Waals surface area contributed by atoms with Gasteiger partial charge in [-0.2, -0.15) is 5.26 Å². The van der Waals surface area contributed by atoms with Crippen molar-refractivity contribution in [3.8, 4) is 6.07 Å². The van der Waals surface area contributed by atoms with Crippen LogP contribution in [-0.4, -0.2) is 28.4 Å². The van der Waals surface area contributed by atoms with Crippen molar-refractivity contribution in [2.24, 2.45) is 0 Å². The Hall–Kier alpha value is -1.89. The summed E-state index contributed by atoms with van der Waals surface area (Å²) in [4.78, 5) is 17.9. The maximum atomic E-state index is 12.2. The molecule has 1 aromatic heterocycles. The molecule has 0 N–H and O–H groups in total. The Morgan fingerprint density at radius 1 is 1.53 bits per heavy atom. The first-order valence-electron chi connectivity index (χ1n) is 5.46. The molecule has 0 bridgehead atoms. The Bertz CT molecular complexity index is 454. The molecule has 0 fully saturated rings. The molecular formula is C13H17N3O. The fraction of sp³-hybridized carbons (Fsp3) is 0.462. The van der Waals surface area contributed by atoms with Crippen molar-refractivity contribution < 1.29 is 4.79 Å². The van der Waals surface area contributed by atoms with Crippen molar-refractivity contribution in [3.63, 3.8) is 0 Å². The largest absolute Gasteiger partial charge is 0.337 e. The zero-order valence-corrected chi connectivity index (χ0v) is 10.7. The summed E-state index contributed by atoms with van der Waals surface area (Å²) in [5, 5.41) is 8.60. The number of rotatable bonds is 2. The van der Waals surface area contributed by atoms with E-state index in [0.717, 1.165) is 0 Å². The lowest BCUT2D eigenvalue weighted by atomic mass is 10.1. The number of carbonyl (C=O) groups is 1. The van der Waals surface area contributed by atoms with Gasteiger partial charge in [-0.3, -0.25) is 9.78 Å². The van der Waals surface area contributed by atoms with Crippen molar-refractivity contribution in [2.45, 2.75) is 32.7 Å². The highest BCUT2D eigenvalue weighted by molar-refractivity contribution is 5.94. The van der Waals surface area contributed by atoms with Crippen LogP contribution in [0.1, 0.15) is 36.8 Å². The standard InChI is InChI=1S/C13H17N3O/c1-13(2,3)16(4)12(17)10-6-8-15-11(9-10)5-7-14/h6,8-9H,5H2,1-4H3. The molecule has 1 amide bonds. The van der Waals surface area contributed by atoms with E-state index < -0.39 is 0 Å². The van der Waals surface area contributed by atoms with Crippen LogP contribution in [0.25, 0.3) is 0 Å². The second-order valence-electron chi connectivity index (χ2n) is 4.91. The number of hydrogen-bond acceptors (Lipinski definition) is 3. The number of carbonyl (C=O) groups excluding carboxylic acids is 1. The molecule has 0 aromatic carbocycles. The van der Waals surface area contributed by atoms with Gasteiger partial charge in [-0.05, 0) is 32.9 Å². The predicted octanol–water partition coefficient (Wildman–Crippen LogP) is 2.02. The van der Waals surface area contributed by atoms with E-state index in [4.69, 9.17) is 5.26 Å². The molecule has 0 saturated carbocycles. The fourth-order valence-corrected chi connectivity index (χ4v) is 1.29. The third-order valence-electron chi connectivity index (χ3n) is 2.63. The minimum absolute atomic E-state index is 0.0564. The van der Waals surface area contributed by atoms with E-state index in [2.05, 4.69) is 4.98 Å². The van der Waals surface area contributed by atoms with Gasteiger partial charge in [0.05, 0.1) is 18.2 Å². The van der Waals surface area contributed by atoms with Gasteiger partial charge in [-0.1, -0.05) is 0 Å². The lowest BCUT2D eigenvalue weighted by Gasteiger charge is -2.32. The normalized spacial score (nSPS) is 10.8. The Labute approximate surface area is 102 Å². The highest BCUT2D eigenvalue weighted by atomic mass is 16.2. The van der Waals surface area contributed by atoms with Crippen LogP contribution in [0.2, 0.25) is 0 Å². The van der Waals surface area contributed by atoms with Gasteiger partial charge in [0.25, 0.3) is 5.91 Å². The van der Waals surface area contributed by atoms with Crippen LogP contribution in [0, 0.1) is 11.3 Å². The lowest BCUT2D eigenvalue weighted by molar-refractivity contribution is 0.0655. The smallest absolute Gasteiger partial charge is 0.254 e. The molecule has 90 valence electrons. The van der Waals surface area contributed by atoms with Crippen LogP contribution in [0.5, 0.6) is 0 Å². The summed E-state index contributed by atoms with van der Waals surface area (Å²) in [5.41, 5.74) is 0.971. The van der Waals surface area contributed by atoms with Gasteiger partial charge in [0, 0.05) is 24.3 Å². The average molecular weight is 231 g/mol. The summed E-state index contributed by atoms with van der Waals surface area (Å²) in [5.74, 6) is -0.0564. The van der Waals surface area contributed by atoms with Gasteiger partial charge in [-0.15, -0.1) is 0 Å². The maximum Gasteiger partial charge on any atom is 0.254 e. The highest BCUT2D eigenvalue weighted by Gasteiger charge is 2.23. The molecule has 0 saturated heterocycles. The minimum Gasteiger partial charge on any atom is -0.337 e. The Morgan fingerprint density at radius 2 is 2.18 bits per heavy atom. The molecule has 0 aliphatic carbocycles.